The summed E-state index contributed by atoms with van der Waals surface area (Å²) in [5.41, 5.74) is 1.03. The summed E-state index contributed by atoms with van der Waals surface area (Å²) in [7, 11) is 0. The van der Waals surface area contributed by atoms with E-state index in [2.05, 4.69) is 29.0 Å². The van der Waals surface area contributed by atoms with Gasteiger partial charge < -0.3 is 19.9 Å². The molecule has 1 unspecified atom stereocenters. The number of hydrogen-bond acceptors (Lipinski definition) is 5. The maximum atomic E-state index is 12.4. The quantitative estimate of drug-likeness (QED) is 0.871. The Bertz CT molecular complexity index is 611. The Kier molecular flexibility index (Phi) is 5.53. The number of pyridine rings is 1. The first-order chi connectivity index (χ1) is 12.0. The summed E-state index contributed by atoms with van der Waals surface area (Å²) in [5, 5.41) is 2.84. The molecule has 3 heterocycles. The maximum Gasteiger partial charge on any atom is 0.230 e. The first-order valence-corrected chi connectivity index (χ1v) is 8.90. The van der Waals surface area contributed by atoms with Crippen molar-refractivity contribution in [3.8, 4) is 0 Å². The summed E-state index contributed by atoms with van der Waals surface area (Å²) in [6.07, 6.45) is 2.05. The molecule has 2 aliphatic rings. The molecule has 0 bridgehead atoms. The molecule has 0 aromatic carbocycles. The number of hydrogen-bond donors (Lipinski definition) is 1. The third-order valence-corrected chi connectivity index (χ3v) is 4.55. The molecule has 3 rings (SSSR count). The van der Waals surface area contributed by atoms with Crippen LogP contribution in [0.4, 0.5) is 11.5 Å². The molecule has 1 aromatic rings. The van der Waals surface area contributed by atoms with Crippen molar-refractivity contribution in [3.63, 3.8) is 0 Å². The molecule has 2 amide bonds. The zero-order valence-corrected chi connectivity index (χ0v) is 14.9. The Labute approximate surface area is 148 Å². The fourth-order valence-corrected chi connectivity index (χ4v) is 3.26. The van der Waals surface area contributed by atoms with Gasteiger partial charge in [-0.25, -0.2) is 4.98 Å². The van der Waals surface area contributed by atoms with E-state index in [1.54, 1.807) is 11.1 Å². The normalized spacial score (nSPS) is 21.1. The van der Waals surface area contributed by atoms with Crippen molar-refractivity contribution in [3.05, 3.63) is 18.3 Å². The van der Waals surface area contributed by atoms with E-state index >= 15 is 0 Å². The molecular formula is C18H26N4O3. The molecule has 0 radical (unpaired) electrons. The van der Waals surface area contributed by atoms with Crippen LogP contribution in [0.5, 0.6) is 0 Å². The molecular weight excluding hydrogens is 320 g/mol. The Balaban J connectivity index is 1.55. The van der Waals surface area contributed by atoms with Gasteiger partial charge in [-0.05, 0) is 18.1 Å². The lowest BCUT2D eigenvalue weighted by Gasteiger charge is -2.28. The van der Waals surface area contributed by atoms with E-state index in [1.807, 2.05) is 12.1 Å². The minimum absolute atomic E-state index is 0.0597. The van der Waals surface area contributed by atoms with E-state index in [0.717, 1.165) is 32.0 Å². The fourth-order valence-electron chi connectivity index (χ4n) is 3.26. The number of ether oxygens (including phenoxy) is 1. The van der Waals surface area contributed by atoms with Crippen LogP contribution >= 0.6 is 0 Å². The summed E-state index contributed by atoms with van der Waals surface area (Å²) in [5.74, 6) is 0.555. The summed E-state index contributed by atoms with van der Waals surface area (Å²) >= 11 is 0. The molecule has 136 valence electrons. The predicted octanol–water partition coefficient (Wildman–Crippen LogP) is 1.36. The largest absolute Gasteiger partial charge is 0.378 e. The van der Waals surface area contributed by atoms with Gasteiger partial charge in [0.15, 0.2) is 0 Å². The van der Waals surface area contributed by atoms with Crippen LogP contribution in [-0.4, -0.2) is 61.1 Å². The van der Waals surface area contributed by atoms with Crippen LogP contribution in [-0.2, 0) is 14.3 Å². The average molecular weight is 346 g/mol. The van der Waals surface area contributed by atoms with Crippen molar-refractivity contribution in [2.24, 2.45) is 11.8 Å². The molecule has 0 saturated carbocycles. The zero-order chi connectivity index (χ0) is 17.8. The van der Waals surface area contributed by atoms with Gasteiger partial charge >= 0.3 is 0 Å². The van der Waals surface area contributed by atoms with Crippen molar-refractivity contribution in [2.75, 3.05) is 49.6 Å². The first kappa shape index (κ1) is 17.7. The van der Waals surface area contributed by atoms with Gasteiger partial charge in [-0.2, -0.15) is 0 Å². The molecule has 2 aliphatic heterocycles. The number of aromatic nitrogens is 1. The van der Waals surface area contributed by atoms with E-state index in [4.69, 9.17) is 4.74 Å². The van der Waals surface area contributed by atoms with Crippen LogP contribution in [0.1, 0.15) is 20.3 Å². The third-order valence-electron chi connectivity index (χ3n) is 4.55. The third kappa shape index (κ3) is 4.48. The highest BCUT2D eigenvalue weighted by atomic mass is 16.5. The topological polar surface area (TPSA) is 74.8 Å². The van der Waals surface area contributed by atoms with Gasteiger partial charge in [-0.3, -0.25) is 9.59 Å². The number of likely N-dealkylation sites (tertiary alicyclic amines) is 1. The number of carbonyl (C=O) groups is 2. The van der Waals surface area contributed by atoms with Gasteiger partial charge in [0.25, 0.3) is 0 Å². The lowest BCUT2D eigenvalue weighted by atomic mass is 10.1. The highest BCUT2D eigenvalue weighted by Crippen LogP contribution is 2.21. The van der Waals surface area contributed by atoms with Gasteiger partial charge in [0.2, 0.25) is 11.8 Å². The number of morpholine rings is 1. The van der Waals surface area contributed by atoms with Crippen LogP contribution < -0.4 is 10.2 Å². The lowest BCUT2D eigenvalue weighted by molar-refractivity contribution is -0.128. The molecule has 2 saturated heterocycles. The summed E-state index contributed by atoms with van der Waals surface area (Å²) in [6, 6.07) is 3.77. The second-order valence-electron chi connectivity index (χ2n) is 7.08. The second kappa shape index (κ2) is 7.82. The molecule has 7 heteroatoms. The van der Waals surface area contributed by atoms with Crippen molar-refractivity contribution < 1.29 is 14.3 Å². The smallest absolute Gasteiger partial charge is 0.230 e. The minimum atomic E-state index is -0.299. The van der Waals surface area contributed by atoms with Crippen molar-refractivity contribution in [1.29, 1.82) is 0 Å². The molecule has 25 heavy (non-hydrogen) atoms. The predicted molar refractivity (Wildman–Crippen MR) is 95.4 cm³/mol. The van der Waals surface area contributed by atoms with Crippen molar-refractivity contribution in [1.82, 2.24) is 9.88 Å². The van der Waals surface area contributed by atoms with Gasteiger partial charge in [0.1, 0.15) is 5.82 Å². The SMILES string of the molecule is CC(C)CN1CC(C(=O)Nc2ccc(N3CCOCC3)cn2)CC1=O. The molecule has 1 aromatic heterocycles. The summed E-state index contributed by atoms with van der Waals surface area (Å²) in [6.45, 7) is 8.49. The van der Waals surface area contributed by atoms with Crippen LogP contribution in [0, 0.1) is 11.8 Å². The Morgan fingerprint density at radius 2 is 2.12 bits per heavy atom. The summed E-state index contributed by atoms with van der Waals surface area (Å²) < 4.78 is 5.35. The maximum absolute atomic E-state index is 12.4. The van der Waals surface area contributed by atoms with E-state index in [1.165, 1.54) is 0 Å². The molecule has 2 fully saturated rings. The van der Waals surface area contributed by atoms with Gasteiger partial charge in [-0.15, -0.1) is 0 Å². The van der Waals surface area contributed by atoms with E-state index in [9.17, 15) is 9.59 Å². The highest BCUT2D eigenvalue weighted by Gasteiger charge is 2.34. The van der Waals surface area contributed by atoms with Crippen LogP contribution in [0.15, 0.2) is 18.3 Å². The number of nitrogens with zero attached hydrogens (tertiary/aromatic N) is 3. The zero-order valence-electron chi connectivity index (χ0n) is 14.9. The number of amides is 2. The van der Waals surface area contributed by atoms with E-state index in [0.29, 0.717) is 24.8 Å². The fraction of sp³-hybridized carbons (Fsp3) is 0.611. The molecule has 0 spiro atoms. The number of rotatable bonds is 5. The number of nitrogens with one attached hydrogen (secondary N) is 1. The second-order valence-corrected chi connectivity index (χ2v) is 7.08. The number of carbonyl (C=O) groups excluding carboxylic acids is 2. The standard InChI is InChI=1S/C18H26N4O3/c1-13(2)11-22-12-14(9-17(22)23)18(24)20-16-4-3-15(10-19-16)21-5-7-25-8-6-21/h3-4,10,13-14H,5-9,11-12H2,1-2H3,(H,19,20,24). The highest BCUT2D eigenvalue weighted by molar-refractivity contribution is 5.96. The Hall–Kier alpha value is -2.15. The van der Waals surface area contributed by atoms with Gasteiger partial charge in [0, 0.05) is 32.6 Å². The van der Waals surface area contributed by atoms with E-state index < -0.39 is 0 Å². The van der Waals surface area contributed by atoms with Crippen LogP contribution in [0.2, 0.25) is 0 Å². The van der Waals surface area contributed by atoms with Gasteiger partial charge in [-0.1, -0.05) is 13.8 Å². The molecule has 1 N–H and O–H groups in total. The molecule has 0 aliphatic carbocycles. The van der Waals surface area contributed by atoms with Crippen LogP contribution in [0.25, 0.3) is 0 Å². The molecule has 1 atom stereocenters. The van der Waals surface area contributed by atoms with Crippen LogP contribution in [0.3, 0.4) is 0 Å². The van der Waals surface area contributed by atoms with Gasteiger partial charge in [0.05, 0.1) is 31.0 Å². The van der Waals surface area contributed by atoms with E-state index in [-0.39, 0.29) is 24.2 Å². The Morgan fingerprint density at radius 1 is 1.36 bits per heavy atom. The molecule has 7 nitrogen and oxygen atoms in total. The average Bonchev–Trinajstić information content (AvgIpc) is 2.96. The monoisotopic (exact) mass is 346 g/mol. The van der Waals surface area contributed by atoms with Crippen molar-refractivity contribution >= 4 is 23.3 Å². The first-order valence-electron chi connectivity index (χ1n) is 8.90. The Morgan fingerprint density at radius 3 is 2.76 bits per heavy atom. The summed E-state index contributed by atoms with van der Waals surface area (Å²) in [4.78, 5) is 32.8. The van der Waals surface area contributed by atoms with Crippen molar-refractivity contribution in [2.45, 2.75) is 20.3 Å². The number of anilines is 2. The minimum Gasteiger partial charge on any atom is -0.378 e. The lowest BCUT2D eigenvalue weighted by Crippen LogP contribution is -2.36.